The van der Waals surface area contributed by atoms with E-state index in [2.05, 4.69) is 20.8 Å². The van der Waals surface area contributed by atoms with E-state index < -0.39 is 0 Å². The first-order valence-electron chi connectivity index (χ1n) is 4.79. The van der Waals surface area contributed by atoms with Gasteiger partial charge in [-0.2, -0.15) is 0 Å². The lowest BCUT2D eigenvalue weighted by atomic mass is 9.79. The van der Waals surface area contributed by atoms with Gasteiger partial charge in [0.05, 0.1) is 12.7 Å². The van der Waals surface area contributed by atoms with Gasteiger partial charge >= 0.3 is 0 Å². The van der Waals surface area contributed by atoms with Crippen LogP contribution in [0.5, 0.6) is 0 Å². The summed E-state index contributed by atoms with van der Waals surface area (Å²) in [6.07, 6.45) is 2.12. The minimum Gasteiger partial charge on any atom is -0.378 e. The fourth-order valence-electron chi connectivity index (χ4n) is 1.67. The van der Waals surface area contributed by atoms with Gasteiger partial charge in [-0.05, 0) is 17.8 Å². The number of ether oxygens (including phenoxy) is 1. The highest BCUT2D eigenvalue weighted by Gasteiger charge is 2.34. The molecule has 1 aliphatic heterocycles. The summed E-state index contributed by atoms with van der Waals surface area (Å²) in [7, 11) is 0. The zero-order valence-corrected chi connectivity index (χ0v) is 10.0. The second-order valence-electron chi connectivity index (χ2n) is 4.88. The van der Waals surface area contributed by atoms with Gasteiger partial charge in [0.1, 0.15) is 4.84 Å². The predicted molar refractivity (Wildman–Crippen MR) is 57.4 cm³/mol. The molecule has 78 valence electrons. The molecule has 1 nitrogen and oxygen atoms in total. The smallest absolute Gasteiger partial charge is 0.110 e. The molecular formula is C10H18Cl2O. The molecule has 1 saturated heterocycles. The maximum atomic E-state index is 5.71. The number of hydrogen-bond acceptors (Lipinski definition) is 1. The highest BCUT2D eigenvalue weighted by atomic mass is 35.5. The van der Waals surface area contributed by atoms with Crippen LogP contribution in [-0.2, 0) is 4.74 Å². The van der Waals surface area contributed by atoms with Crippen LogP contribution in [0.15, 0.2) is 0 Å². The molecule has 2 atom stereocenters. The fraction of sp³-hybridized carbons (Fsp3) is 1.00. The van der Waals surface area contributed by atoms with Crippen LogP contribution in [0, 0.1) is 11.3 Å². The SMILES string of the molecule is CC(C)(C)C1COC(CC(Cl)Cl)C1. The van der Waals surface area contributed by atoms with Gasteiger partial charge < -0.3 is 4.74 Å². The molecule has 0 bridgehead atoms. The van der Waals surface area contributed by atoms with Gasteiger partial charge in [-0.25, -0.2) is 0 Å². The highest BCUT2D eigenvalue weighted by molar-refractivity contribution is 6.44. The molecule has 1 heterocycles. The van der Waals surface area contributed by atoms with Crippen LogP contribution in [0.1, 0.15) is 33.6 Å². The van der Waals surface area contributed by atoms with Crippen LogP contribution in [0.4, 0.5) is 0 Å². The lowest BCUT2D eigenvalue weighted by molar-refractivity contribution is 0.0938. The van der Waals surface area contributed by atoms with Gasteiger partial charge in [0.25, 0.3) is 0 Å². The fourth-order valence-corrected chi connectivity index (χ4v) is 2.07. The van der Waals surface area contributed by atoms with Crippen molar-refractivity contribution in [3.8, 4) is 0 Å². The van der Waals surface area contributed by atoms with E-state index in [0.717, 1.165) is 19.4 Å². The molecule has 0 aromatic carbocycles. The Balaban J connectivity index is 2.36. The number of rotatable bonds is 2. The van der Waals surface area contributed by atoms with Crippen molar-refractivity contribution in [1.29, 1.82) is 0 Å². The van der Waals surface area contributed by atoms with Gasteiger partial charge in [-0.3, -0.25) is 0 Å². The van der Waals surface area contributed by atoms with E-state index in [4.69, 9.17) is 27.9 Å². The second kappa shape index (κ2) is 4.37. The molecule has 13 heavy (non-hydrogen) atoms. The molecule has 0 aromatic heterocycles. The Morgan fingerprint density at radius 2 is 2.00 bits per heavy atom. The molecular weight excluding hydrogens is 207 g/mol. The van der Waals surface area contributed by atoms with E-state index in [1.165, 1.54) is 0 Å². The Morgan fingerprint density at radius 3 is 2.38 bits per heavy atom. The van der Waals surface area contributed by atoms with Crippen LogP contribution >= 0.6 is 23.2 Å². The number of alkyl halides is 2. The predicted octanol–water partition coefficient (Wildman–Crippen LogP) is 3.63. The van der Waals surface area contributed by atoms with E-state index in [9.17, 15) is 0 Å². The average molecular weight is 225 g/mol. The third-order valence-electron chi connectivity index (χ3n) is 2.75. The summed E-state index contributed by atoms with van der Waals surface area (Å²) in [5.74, 6) is 0.643. The van der Waals surface area contributed by atoms with Crippen LogP contribution < -0.4 is 0 Å². The molecule has 3 heteroatoms. The molecule has 0 N–H and O–H groups in total. The first kappa shape index (κ1) is 11.6. The summed E-state index contributed by atoms with van der Waals surface area (Å²) in [6, 6.07) is 0. The molecule has 0 amide bonds. The first-order valence-corrected chi connectivity index (χ1v) is 5.66. The minimum atomic E-state index is -0.288. The van der Waals surface area contributed by atoms with Gasteiger partial charge in [-0.1, -0.05) is 20.8 Å². The van der Waals surface area contributed by atoms with E-state index in [-0.39, 0.29) is 10.9 Å². The third kappa shape index (κ3) is 3.65. The van der Waals surface area contributed by atoms with Crippen molar-refractivity contribution in [2.24, 2.45) is 11.3 Å². The molecule has 1 rings (SSSR count). The Bertz CT molecular complexity index is 163. The first-order chi connectivity index (χ1) is 5.89. The maximum Gasteiger partial charge on any atom is 0.110 e. The maximum absolute atomic E-state index is 5.71. The van der Waals surface area contributed by atoms with E-state index >= 15 is 0 Å². The molecule has 0 saturated carbocycles. The van der Waals surface area contributed by atoms with Crippen molar-refractivity contribution < 1.29 is 4.74 Å². The number of hydrogen-bond donors (Lipinski definition) is 0. The van der Waals surface area contributed by atoms with Crippen molar-refractivity contribution in [3.63, 3.8) is 0 Å². The molecule has 0 aromatic rings. The van der Waals surface area contributed by atoms with Crippen molar-refractivity contribution in [2.75, 3.05) is 6.61 Å². The molecule has 0 aliphatic carbocycles. The van der Waals surface area contributed by atoms with Crippen LogP contribution in [-0.4, -0.2) is 17.5 Å². The van der Waals surface area contributed by atoms with Crippen LogP contribution in [0.25, 0.3) is 0 Å². The third-order valence-corrected chi connectivity index (χ3v) is 3.10. The molecule has 0 spiro atoms. The second-order valence-corrected chi connectivity index (χ2v) is 6.16. The Hall–Kier alpha value is 0.540. The van der Waals surface area contributed by atoms with Gasteiger partial charge in [0.15, 0.2) is 0 Å². The van der Waals surface area contributed by atoms with Crippen molar-refractivity contribution in [2.45, 2.75) is 44.6 Å². The lowest BCUT2D eigenvalue weighted by Crippen LogP contribution is -2.20. The highest BCUT2D eigenvalue weighted by Crippen LogP contribution is 2.36. The quantitative estimate of drug-likeness (QED) is 0.652. The summed E-state index contributed by atoms with van der Waals surface area (Å²) in [6.45, 7) is 7.61. The normalized spacial score (nSPS) is 30.0. The minimum absolute atomic E-state index is 0.268. The summed E-state index contributed by atoms with van der Waals surface area (Å²) in [5, 5.41) is 0. The topological polar surface area (TPSA) is 9.23 Å². The summed E-state index contributed by atoms with van der Waals surface area (Å²) >= 11 is 11.4. The van der Waals surface area contributed by atoms with E-state index in [0.29, 0.717) is 11.3 Å². The van der Waals surface area contributed by atoms with Gasteiger partial charge in [0.2, 0.25) is 0 Å². The molecule has 1 aliphatic rings. The molecule has 2 unspecified atom stereocenters. The Morgan fingerprint density at radius 1 is 1.38 bits per heavy atom. The van der Waals surface area contributed by atoms with Gasteiger partial charge in [-0.15, -0.1) is 23.2 Å². The van der Waals surface area contributed by atoms with Crippen molar-refractivity contribution >= 4 is 23.2 Å². The Labute approximate surface area is 90.7 Å². The average Bonchev–Trinajstić information content (AvgIpc) is 2.32. The molecule has 1 fully saturated rings. The van der Waals surface area contributed by atoms with E-state index in [1.54, 1.807) is 0 Å². The summed E-state index contributed by atoms with van der Waals surface area (Å²) in [4.78, 5) is -0.288. The monoisotopic (exact) mass is 224 g/mol. The van der Waals surface area contributed by atoms with Crippen LogP contribution in [0.3, 0.4) is 0 Å². The Kier molecular flexibility index (Phi) is 3.91. The zero-order valence-electron chi connectivity index (χ0n) is 8.52. The van der Waals surface area contributed by atoms with E-state index in [1.807, 2.05) is 0 Å². The summed E-state index contributed by atoms with van der Waals surface area (Å²) < 4.78 is 5.63. The zero-order chi connectivity index (χ0) is 10.1. The van der Waals surface area contributed by atoms with Crippen molar-refractivity contribution in [1.82, 2.24) is 0 Å². The summed E-state index contributed by atoms with van der Waals surface area (Å²) in [5.41, 5.74) is 0.336. The van der Waals surface area contributed by atoms with Crippen LogP contribution in [0.2, 0.25) is 0 Å². The standard InChI is InChI=1S/C10H18Cl2O/c1-10(2,3)7-4-8(13-6-7)5-9(11)12/h7-9H,4-6H2,1-3H3. The van der Waals surface area contributed by atoms with Crippen molar-refractivity contribution in [3.05, 3.63) is 0 Å². The molecule has 0 radical (unpaired) electrons. The largest absolute Gasteiger partial charge is 0.378 e. The number of halogens is 2. The lowest BCUT2D eigenvalue weighted by Gasteiger charge is -2.25. The van der Waals surface area contributed by atoms with Gasteiger partial charge in [0, 0.05) is 6.42 Å².